The van der Waals surface area contributed by atoms with Gasteiger partial charge in [-0.3, -0.25) is 9.59 Å². The van der Waals surface area contributed by atoms with Crippen molar-refractivity contribution >= 4 is 17.8 Å². The van der Waals surface area contributed by atoms with Gasteiger partial charge in [0.2, 0.25) is 5.91 Å². The molecule has 1 N–H and O–H groups in total. The van der Waals surface area contributed by atoms with Gasteiger partial charge in [0, 0.05) is 30.1 Å². The van der Waals surface area contributed by atoms with Crippen LogP contribution >= 0.6 is 0 Å². The third kappa shape index (κ3) is 6.59. The zero-order chi connectivity index (χ0) is 28.9. The molecule has 9 heteroatoms. The fourth-order valence-corrected chi connectivity index (χ4v) is 4.69. The molecule has 1 unspecified atom stereocenters. The lowest BCUT2D eigenvalue weighted by Crippen LogP contribution is -2.38. The van der Waals surface area contributed by atoms with Crippen molar-refractivity contribution in [2.24, 2.45) is 0 Å². The highest BCUT2D eigenvalue weighted by molar-refractivity contribution is 5.96. The van der Waals surface area contributed by atoms with Gasteiger partial charge in [0.15, 0.2) is 0 Å². The van der Waals surface area contributed by atoms with E-state index in [1.165, 1.54) is 17.0 Å². The minimum absolute atomic E-state index is 0.100. The van der Waals surface area contributed by atoms with Gasteiger partial charge in [-0.1, -0.05) is 54.6 Å². The van der Waals surface area contributed by atoms with Gasteiger partial charge in [0.1, 0.15) is 0 Å². The van der Waals surface area contributed by atoms with Crippen LogP contribution in [0.4, 0.5) is 13.2 Å². The summed E-state index contributed by atoms with van der Waals surface area (Å²) in [6.45, 7) is 3.94. The monoisotopic (exact) mass is 550 g/mol. The van der Waals surface area contributed by atoms with Crippen LogP contribution < -0.4 is 5.32 Å². The number of alkyl halides is 3. The SMILES string of the molecule is CCOC(=O)C1=C(C)N(Cc2ccc(C(=O)NCc3ccccc3)cc2)C(=O)CC1c1ccc(C(F)(F)F)cc1. The summed E-state index contributed by atoms with van der Waals surface area (Å²) in [6, 6.07) is 20.8. The van der Waals surface area contributed by atoms with Gasteiger partial charge in [-0.25, -0.2) is 4.79 Å². The van der Waals surface area contributed by atoms with Gasteiger partial charge in [-0.15, -0.1) is 0 Å². The number of benzene rings is 3. The Morgan fingerprint density at radius 3 is 2.20 bits per heavy atom. The van der Waals surface area contributed by atoms with Crippen molar-refractivity contribution in [3.05, 3.63) is 118 Å². The summed E-state index contributed by atoms with van der Waals surface area (Å²) in [4.78, 5) is 40.2. The van der Waals surface area contributed by atoms with Crippen LogP contribution in [0.1, 0.15) is 58.8 Å². The molecule has 0 saturated heterocycles. The lowest BCUT2D eigenvalue weighted by molar-refractivity contribution is -0.140. The molecule has 40 heavy (non-hydrogen) atoms. The molecule has 1 heterocycles. The highest BCUT2D eigenvalue weighted by Crippen LogP contribution is 2.39. The van der Waals surface area contributed by atoms with Crippen molar-refractivity contribution < 1.29 is 32.3 Å². The first-order valence-electron chi connectivity index (χ1n) is 12.8. The molecule has 2 amide bonds. The van der Waals surface area contributed by atoms with E-state index in [1.54, 1.807) is 38.1 Å². The lowest BCUT2D eigenvalue weighted by atomic mass is 9.83. The number of carbonyl (C=O) groups is 3. The van der Waals surface area contributed by atoms with Gasteiger partial charge >= 0.3 is 12.1 Å². The van der Waals surface area contributed by atoms with Crippen LogP contribution in [-0.4, -0.2) is 29.3 Å². The number of allylic oxidation sites excluding steroid dienone is 1. The molecule has 4 rings (SSSR count). The van der Waals surface area contributed by atoms with Gasteiger partial charge in [-0.2, -0.15) is 13.2 Å². The van der Waals surface area contributed by atoms with Crippen molar-refractivity contribution in [1.29, 1.82) is 0 Å². The molecule has 0 fully saturated rings. The number of hydrogen-bond acceptors (Lipinski definition) is 4. The average molecular weight is 551 g/mol. The Bertz CT molecular complexity index is 1400. The Labute approximate surface area is 230 Å². The number of amides is 2. The quantitative estimate of drug-likeness (QED) is 0.350. The van der Waals surface area contributed by atoms with Crippen molar-refractivity contribution in [3.8, 4) is 0 Å². The van der Waals surface area contributed by atoms with Gasteiger partial charge in [0.25, 0.3) is 5.91 Å². The van der Waals surface area contributed by atoms with Crippen LogP contribution in [0, 0.1) is 0 Å². The second-order valence-electron chi connectivity index (χ2n) is 9.44. The molecule has 0 radical (unpaired) electrons. The highest BCUT2D eigenvalue weighted by atomic mass is 19.4. The second-order valence-corrected chi connectivity index (χ2v) is 9.44. The van der Waals surface area contributed by atoms with Crippen LogP contribution in [0.5, 0.6) is 0 Å². The molecule has 6 nitrogen and oxygen atoms in total. The zero-order valence-electron chi connectivity index (χ0n) is 22.1. The number of nitrogens with one attached hydrogen (secondary N) is 1. The molecular formula is C31H29F3N2O4. The molecule has 208 valence electrons. The fourth-order valence-electron chi connectivity index (χ4n) is 4.69. The molecule has 0 spiro atoms. The maximum atomic E-state index is 13.2. The smallest absolute Gasteiger partial charge is 0.416 e. The van der Waals surface area contributed by atoms with E-state index in [0.29, 0.717) is 23.4 Å². The number of halogens is 3. The maximum absolute atomic E-state index is 13.2. The molecular weight excluding hydrogens is 521 g/mol. The van der Waals surface area contributed by atoms with Crippen molar-refractivity contribution in [1.82, 2.24) is 10.2 Å². The molecule has 3 aromatic carbocycles. The van der Waals surface area contributed by atoms with Gasteiger partial charge in [-0.05, 0) is 54.8 Å². The summed E-state index contributed by atoms with van der Waals surface area (Å²) >= 11 is 0. The molecule has 1 aliphatic heterocycles. The van der Waals surface area contributed by atoms with Crippen LogP contribution in [0.25, 0.3) is 0 Å². The predicted molar refractivity (Wildman–Crippen MR) is 143 cm³/mol. The fraction of sp³-hybridized carbons (Fsp3) is 0.258. The minimum atomic E-state index is -4.49. The molecule has 1 aliphatic rings. The second kappa shape index (κ2) is 12.2. The Balaban J connectivity index is 1.53. The number of ether oxygens (including phenoxy) is 1. The van der Waals surface area contributed by atoms with E-state index >= 15 is 0 Å². The third-order valence-corrected chi connectivity index (χ3v) is 6.81. The normalized spacial score (nSPS) is 15.7. The van der Waals surface area contributed by atoms with E-state index in [2.05, 4.69) is 5.32 Å². The van der Waals surface area contributed by atoms with E-state index in [4.69, 9.17) is 4.74 Å². The summed E-state index contributed by atoms with van der Waals surface area (Å²) in [7, 11) is 0. The Morgan fingerprint density at radius 2 is 1.60 bits per heavy atom. The third-order valence-electron chi connectivity index (χ3n) is 6.81. The van der Waals surface area contributed by atoms with E-state index < -0.39 is 23.6 Å². The van der Waals surface area contributed by atoms with Crippen molar-refractivity contribution in [3.63, 3.8) is 0 Å². The number of hydrogen-bond donors (Lipinski definition) is 1. The summed E-state index contributed by atoms with van der Waals surface area (Å²) in [5.74, 6) is -1.86. The standard InChI is InChI=1S/C31H29F3N2O4/c1-3-40-30(39)28-20(2)36(27(37)17-26(28)23-13-15-25(16-14-23)31(32,33)34)19-22-9-11-24(12-10-22)29(38)35-18-21-7-5-4-6-8-21/h4-16,26H,3,17-19H2,1-2H3,(H,35,38). The molecule has 3 aromatic rings. The predicted octanol–water partition coefficient (Wildman–Crippen LogP) is 5.99. The molecule has 0 aliphatic carbocycles. The van der Waals surface area contributed by atoms with Crippen LogP contribution in [0.3, 0.4) is 0 Å². The summed E-state index contributed by atoms with van der Waals surface area (Å²) in [5, 5.41) is 2.87. The minimum Gasteiger partial charge on any atom is -0.463 e. The number of carbonyl (C=O) groups excluding carboxylic acids is 3. The van der Waals surface area contributed by atoms with Crippen LogP contribution in [-0.2, 0) is 33.6 Å². The first-order chi connectivity index (χ1) is 19.1. The first-order valence-corrected chi connectivity index (χ1v) is 12.8. The average Bonchev–Trinajstić information content (AvgIpc) is 2.94. The topological polar surface area (TPSA) is 75.7 Å². The summed E-state index contributed by atoms with van der Waals surface area (Å²) < 4.78 is 44.4. The number of esters is 1. The maximum Gasteiger partial charge on any atom is 0.416 e. The molecule has 0 aromatic heterocycles. The van der Waals surface area contributed by atoms with Gasteiger partial charge in [0.05, 0.1) is 24.3 Å². The molecule has 0 saturated carbocycles. The Morgan fingerprint density at radius 1 is 0.950 bits per heavy atom. The highest BCUT2D eigenvalue weighted by Gasteiger charge is 2.37. The first kappa shape index (κ1) is 28.6. The van der Waals surface area contributed by atoms with E-state index in [-0.39, 0.29) is 37.0 Å². The molecule has 0 bridgehead atoms. The van der Waals surface area contributed by atoms with E-state index in [1.807, 2.05) is 30.3 Å². The van der Waals surface area contributed by atoms with E-state index in [9.17, 15) is 27.6 Å². The van der Waals surface area contributed by atoms with Crippen molar-refractivity contribution in [2.45, 2.75) is 45.5 Å². The van der Waals surface area contributed by atoms with Crippen LogP contribution in [0.15, 0.2) is 90.1 Å². The zero-order valence-corrected chi connectivity index (χ0v) is 22.1. The van der Waals surface area contributed by atoms with E-state index in [0.717, 1.165) is 23.3 Å². The lowest BCUT2D eigenvalue weighted by Gasteiger charge is -2.34. The van der Waals surface area contributed by atoms with Crippen molar-refractivity contribution in [2.75, 3.05) is 6.61 Å². The summed E-state index contributed by atoms with van der Waals surface area (Å²) in [6.07, 6.45) is -4.59. The number of rotatable bonds is 8. The van der Waals surface area contributed by atoms with Crippen LogP contribution in [0.2, 0.25) is 0 Å². The number of nitrogens with zero attached hydrogens (tertiary/aromatic N) is 1. The molecule has 1 atom stereocenters. The largest absolute Gasteiger partial charge is 0.463 e. The Hall–Kier alpha value is -4.40. The van der Waals surface area contributed by atoms with Gasteiger partial charge < -0.3 is 15.0 Å². The Kier molecular flexibility index (Phi) is 8.72. The summed E-state index contributed by atoms with van der Waals surface area (Å²) in [5.41, 5.74) is 2.41.